The SMILES string of the molecule is CS(=O)(=O)Nc1cc(-c2cc(O)n(-c3nc(C(=O)O)cs3)n2)ccc1F. The van der Waals surface area contributed by atoms with Gasteiger partial charge in [0.25, 0.3) is 0 Å². The van der Waals surface area contributed by atoms with Gasteiger partial charge in [-0.15, -0.1) is 11.3 Å². The van der Waals surface area contributed by atoms with Crippen LogP contribution in [0.3, 0.4) is 0 Å². The fourth-order valence-electron chi connectivity index (χ4n) is 2.08. The van der Waals surface area contributed by atoms with Gasteiger partial charge in [-0.25, -0.2) is 22.6 Å². The lowest BCUT2D eigenvalue weighted by molar-refractivity contribution is 0.0691. The second kappa shape index (κ2) is 6.38. The summed E-state index contributed by atoms with van der Waals surface area (Å²) in [7, 11) is -3.68. The van der Waals surface area contributed by atoms with Crippen LogP contribution in [0.2, 0.25) is 0 Å². The first-order valence-corrected chi connectivity index (χ1v) is 9.67. The largest absolute Gasteiger partial charge is 0.493 e. The minimum absolute atomic E-state index is 0.128. The van der Waals surface area contributed by atoms with Gasteiger partial charge in [-0.1, -0.05) is 0 Å². The van der Waals surface area contributed by atoms with Gasteiger partial charge in [-0.3, -0.25) is 4.72 Å². The van der Waals surface area contributed by atoms with Crippen LogP contribution >= 0.6 is 11.3 Å². The second-order valence-corrected chi connectivity index (χ2v) is 7.77. The van der Waals surface area contributed by atoms with Gasteiger partial charge in [0, 0.05) is 17.0 Å². The Morgan fingerprint density at radius 1 is 1.35 bits per heavy atom. The van der Waals surface area contributed by atoms with Crippen molar-refractivity contribution in [1.29, 1.82) is 0 Å². The molecule has 0 radical (unpaired) electrons. The first-order chi connectivity index (χ1) is 12.1. The Morgan fingerprint density at radius 2 is 2.08 bits per heavy atom. The van der Waals surface area contributed by atoms with E-state index >= 15 is 0 Å². The Morgan fingerprint density at radius 3 is 2.69 bits per heavy atom. The van der Waals surface area contributed by atoms with E-state index in [0.29, 0.717) is 5.56 Å². The van der Waals surface area contributed by atoms with E-state index in [2.05, 4.69) is 14.8 Å². The molecule has 26 heavy (non-hydrogen) atoms. The van der Waals surface area contributed by atoms with Crippen LogP contribution in [0, 0.1) is 5.82 Å². The van der Waals surface area contributed by atoms with Crippen LogP contribution in [-0.4, -0.2) is 45.6 Å². The Bertz CT molecular complexity index is 1110. The smallest absolute Gasteiger partial charge is 0.355 e. The standard InChI is InChI=1S/C14H11FN4O5S2/c1-26(23,24)18-10-4-7(2-3-8(10)15)9-5-12(20)19(17-9)14-16-11(6-25-14)13(21)22/h2-6,18,20H,1H3,(H,21,22). The van der Waals surface area contributed by atoms with E-state index in [1.165, 1.54) is 23.6 Å². The van der Waals surface area contributed by atoms with Crippen molar-refractivity contribution in [3.05, 3.63) is 41.2 Å². The Labute approximate surface area is 150 Å². The molecule has 3 aromatic rings. The first kappa shape index (κ1) is 17.8. The zero-order chi connectivity index (χ0) is 19.1. The molecular formula is C14H11FN4O5S2. The lowest BCUT2D eigenvalue weighted by Gasteiger charge is -2.06. The molecule has 0 aliphatic heterocycles. The molecule has 3 N–H and O–H groups in total. The van der Waals surface area contributed by atoms with E-state index in [-0.39, 0.29) is 28.1 Å². The summed E-state index contributed by atoms with van der Waals surface area (Å²) in [6, 6.07) is 4.91. The molecule has 0 fully saturated rings. The molecule has 0 spiro atoms. The molecule has 0 aliphatic rings. The number of hydrogen-bond acceptors (Lipinski definition) is 7. The quantitative estimate of drug-likeness (QED) is 0.597. The van der Waals surface area contributed by atoms with Gasteiger partial charge in [0.15, 0.2) is 5.69 Å². The summed E-state index contributed by atoms with van der Waals surface area (Å²) in [4.78, 5) is 14.7. The van der Waals surface area contributed by atoms with Gasteiger partial charge in [-0.05, 0) is 18.2 Å². The summed E-state index contributed by atoms with van der Waals surface area (Å²) in [5, 5.41) is 24.5. The van der Waals surface area contributed by atoms with Crippen LogP contribution in [0.1, 0.15) is 10.5 Å². The highest BCUT2D eigenvalue weighted by molar-refractivity contribution is 7.92. The van der Waals surface area contributed by atoms with Gasteiger partial charge in [-0.2, -0.15) is 9.78 Å². The number of aromatic carboxylic acids is 1. The number of thiazole rings is 1. The Kier molecular flexibility index (Phi) is 4.38. The van der Waals surface area contributed by atoms with Crippen molar-refractivity contribution in [2.24, 2.45) is 0 Å². The number of anilines is 1. The van der Waals surface area contributed by atoms with Gasteiger partial charge in [0.1, 0.15) is 5.82 Å². The molecule has 0 saturated carbocycles. The van der Waals surface area contributed by atoms with E-state index in [1.807, 2.05) is 0 Å². The van der Waals surface area contributed by atoms with Crippen molar-refractivity contribution in [2.75, 3.05) is 11.0 Å². The van der Waals surface area contributed by atoms with E-state index in [1.54, 1.807) is 0 Å². The molecule has 0 bridgehead atoms. The number of carboxylic acid groups (broad SMARTS) is 1. The number of halogens is 1. The molecule has 3 rings (SSSR count). The fraction of sp³-hybridized carbons (Fsp3) is 0.0714. The van der Waals surface area contributed by atoms with Crippen LogP contribution in [0.15, 0.2) is 29.6 Å². The molecule has 0 amide bonds. The topological polar surface area (TPSA) is 134 Å². The predicted molar refractivity (Wildman–Crippen MR) is 91.7 cm³/mol. The van der Waals surface area contributed by atoms with Gasteiger partial charge < -0.3 is 10.2 Å². The zero-order valence-electron chi connectivity index (χ0n) is 13.0. The van der Waals surface area contributed by atoms with Crippen molar-refractivity contribution >= 4 is 33.0 Å². The Balaban J connectivity index is 2.01. The minimum atomic E-state index is -3.68. The second-order valence-electron chi connectivity index (χ2n) is 5.19. The summed E-state index contributed by atoms with van der Waals surface area (Å²) in [6.07, 6.45) is 0.891. The number of hydrogen-bond donors (Lipinski definition) is 3. The molecule has 0 unspecified atom stereocenters. The average Bonchev–Trinajstić information content (AvgIpc) is 3.14. The normalized spacial score (nSPS) is 11.5. The highest BCUT2D eigenvalue weighted by atomic mass is 32.2. The maximum absolute atomic E-state index is 13.8. The molecule has 1 aromatic carbocycles. The van der Waals surface area contributed by atoms with Crippen molar-refractivity contribution in [3.8, 4) is 22.3 Å². The number of sulfonamides is 1. The van der Waals surface area contributed by atoms with Crippen LogP contribution in [0.4, 0.5) is 10.1 Å². The molecule has 2 heterocycles. The van der Waals surface area contributed by atoms with Crippen LogP contribution in [0.25, 0.3) is 16.4 Å². The number of rotatable bonds is 5. The molecule has 9 nitrogen and oxygen atoms in total. The molecule has 12 heteroatoms. The molecule has 0 saturated heterocycles. The van der Waals surface area contributed by atoms with Gasteiger partial charge >= 0.3 is 5.97 Å². The average molecular weight is 398 g/mol. The number of nitrogens with zero attached hydrogens (tertiary/aromatic N) is 3. The van der Waals surface area contributed by atoms with Crippen LogP contribution < -0.4 is 4.72 Å². The number of aromatic hydroxyl groups is 1. The Hall–Kier alpha value is -2.99. The van der Waals surface area contributed by atoms with E-state index in [0.717, 1.165) is 28.3 Å². The summed E-state index contributed by atoms with van der Waals surface area (Å²) in [5.41, 5.74) is 0.0945. The number of nitrogens with one attached hydrogen (secondary N) is 1. The third kappa shape index (κ3) is 3.65. The number of benzene rings is 1. The maximum Gasteiger partial charge on any atom is 0.355 e. The maximum atomic E-state index is 13.8. The van der Waals surface area contributed by atoms with Crippen molar-refractivity contribution in [2.45, 2.75) is 0 Å². The van der Waals surface area contributed by atoms with Crippen molar-refractivity contribution < 1.29 is 27.8 Å². The third-order valence-electron chi connectivity index (χ3n) is 3.14. The fourth-order valence-corrected chi connectivity index (χ4v) is 3.39. The summed E-state index contributed by atoms with van der Waals surface area (Å²) >= 11 is 0.964. The highest BCUT2D eigenvalue weighted by Gasteiger charge is 2.17. The molecule has 0 aliphatic carbocycles. The number of aromatic nitrogens is 3. The molecular weight excluding hydrogens is 387 g/mol. The van der Waals surface area contributed by atoms with E-state index in [4.69, 9.17) is 5.11 Å². The monoisotopic (exact) mass is 398 g/mol. The van der Waals surface area contributed by atoms with Gasteiger partial charge in [0.2, 0.25) is 21.0 Å². The van der Waals surface area contributed by atoms with Crippen LogP contribution in [0.5, 0.6) is 5.88 Å². The summed E-state index contributed by atoms with van der Waals surface area (Å²) in [5.74, 6) is -2.29. The van der Waals surface area contributed by atoms with E-state index in [9.17, 15) is 22.7 Å². The van der Waals surface area contributed by atoms with Crippen molar-refractivity contribution in [1.82, 2.24) is 14.8 Å². The highest BCUT2D eigenvalue weighted by Crippen LogP contribution is 2.29. The number of carboxylic acids is 1. The van der Waals surface area contributed by atoms with Gasteiger partial charge in [0.05, 0.1) is 17.6 Å². The third-order valence-corrected chi connectivity index (χ3v) is 4.55. The zero-order valence-corrected chi connectivity index (χ0v) is 14.7. The molecule has 136 valence electrons. The molecule has 0 atom stereocenters. The predicted octanol–water partition coefficient (Wildman–Crippen LogP) is 1.91. The number of carbonyl (C=O) groups is 1. The summed E-state index contributed by atoms with van der Waals surface area (Å²) in [6.45, 7) is 0. The lowest BCUT2D eigenvalue weighted by Crippen LogP contribution is -2.10. The van der Waals surface area contributed by atoms with Crippen molar-refractivity contribution in [3.63, 3.8) is 0 Å². The van der Waals surface area contributed by atoms with Crippen LogP contribution in [-0.2, 0) is 10.0 Å². The summed E-state index contributed by atoms with van der Waals surface area (Å²) < 4.78 is 39.5. The molecule has 2 aromatic heterocycles. The minimum Gasteiger partial charge on any atom is -0.493 e. The first-order valence-electron chi connectivity index (χ1n) is 6.90. The van der Waals surface area contributed by atoms with E-state index < -0.39 is 21.8 Å². The lowest BCUT2D eigenvalue weighted by atomic mass is 10.1.